The van der Waals surface area contributed by atoms with Crippen molar-refractivity contribution in [3.63, 3.8) is 0 Å². The third-order valence-electron chi connectivity index (χ3n) is 6.64. The van der Waals surface area contributed by atoms with E-state index in [-0.39, 0.29) is 11.9 Å². The van der Waals surface area contributed by atoms with Gasteiger partial charge >= 0.3 is 0 Å². The lowest BCUT2D eigenvalue weighted by Crippen LogP contribution is -2.43. The predicted molar refractivity (Wildman–Crippen MR) is 140 cm³/mol. The molecule has 0 radical (unpaired) electrons. The highest BCUT2D eigenvalue weighted by molar-refractivity contribution is 6.04. The number of hydrogen-bond donors (Lipinski definition) is 3. The summed E-state index contributed by atoms with van der Waals surface area (Å²) in [4.78, 5) is 23.1. The lowest BCUT2D eigenvalue weighted by atomic mass is 10.0. The topological polar surface area (TPSA) is 82.3 Å². The molecule has 4 aromatic rings. The van der Waals surface area contributed by atoms with Gasteiger partial charge in [-0.2, -0.15) is 0 Å². The van der Waals surface area contributed by atoms with E-state index in [9.17, 15) is 4.79 Å². The van der Waals surface area contributed by atoms with Crippen LogP contribution in [-0.4, -0.2) is 42.1 Å². The van der Waals surface area contributed by atoms with Gasteiger partial charge in [-0.1, -0.05) is 12.1 Å². The molecule has 2 heterocycles. The molecule has 1 aromatic heterocycles. The van der Waals surface area contributed by atoms with Gasteiger partial charge < -0.3 is 25.3 Å². The number of imidazole rings is 1. The number of fused-ring (bicyclic) bond motifs is 1. The Morgan fingerprint density at radius 3 is 2.43 bits per heavy atom. The monoisotopic (exact) mass is 469 g/mol. The first kappa shape index (κ1) is 22.9. The van der Waals surface area contributed by atoms with Gasteiger partial charge in [-0.25, -0.2) is 4.98 Å². The number of carbonyl (C=O) groups excluding carboxylic acids is 1. The molecule has 1 atom stereocenters. The summed E-state index contributed by atoms with van der Waals surface area (Å²) >= 11 is 0. The van der Waals surface area contributed by atoms with Gasteiger partial charge in [-0.05, 0) is 80.4 Å². The summed E-state index contributed by atoms with van der Waals surface area (Å²) in [6.45, 7) is 4.15. The van der Waals surface area contributed by atoms with Crippen LogP contribution < -0.4 is 20.3 Å². The summed E-state index contributed by atoms with van der Waals surface area (Å²) in [7, 11) is 1.61. The number of anilines is 2. The van der Waals surface area contributed by atoms with E-state index in [2.05, 4.69) is 45.6 Å². The van der Waals surface area contributed by atoms with E-state index in [0.717, 1.165) is 54.2 Å². The highest BCUT2D eigenvalue weighted by Crippen LogP contribution is 2.24. The number of nitrogens with one attached hydrogen (secondary N) is 3. The van der Waals surface area contributed by atoms with Crippen LogP contribution in [0.1, 0.15) is 42.0 Å². The maximum absolute atomic E-state index is 12.5. The van der Waals surface area contributed by atoms with Gasteiger partial charge in [0, 0.05) is 36.1 Å². The molecule has 7 heteroatoms. The van der Waals surface area contributed by atoms with E-state index in [1.165, 1.54) is 5.69 Å². The number of ether oxygens (including phenoxy) is 1. The first-order valence-corrected chi connectivity index (χ1v) is 12.1. The second-order valence-corrected chi connectivity index (χ2v) is 9.02. The Balaban J connectivity index is 1.12. The third kappa shape index (κ3) is 5.30. The van der Waals surface area contributed by atoms with Crippen molar-refractivity contribution >= 4 is 28.3 Å². The minimum atomic E-state index is -0.133. The van der Waals surface area contributed by atoms with Gasteiger partial charge in [-0.15, -0.1) is 0 Å². The third-order valence-corrected chi connectivity index (χ3v) is 6.64. The number of H-pyrrole nitrogens is 1. The summed E-state index contributed by atoms with van der Waals surface area (Å²) < 4.78 is 5.15. The minimum Gasteiger partial charge on any atom is -0.497 e. The van der Waals surface area contributed by atoms with Crippen LogP contribution in [0.4, 0.5) is 11.4 Å². The van der Waals surface area contributed by atoms with E-state index in [1.807, 2.05) is 30.3 Å². The summed E-state index contributed by atoms with van der Waals surface area (Å²) in [5.41, 5.74) is 4.65. The number of benzene rings is 3. The van der Waals surface area contributed by atoms with Crippen molar-refractivity contribution in [1.29, 1.82) is 0 Å². The van der Waals surface area contributed by atoms with Gasteiger partial charge in [0.2, 0.25) is 0 Å². The molecule has 3 aromatic carbocycles. The van der Waals surface area contributed by atoms with Crippen LogP contribution in [0, 0.1) is 0 Å². The standard InChI is InChI=1S/C28H31N5O2/c1-19(27-31-25-5-3-4-6-26(25)32-27)29-22-15-17-33(18-16-22)23-11-9-21(10-12-23)30-28(34)20-7-13-24(35-2)14-8-20/h3-14,19,22,29H,15-18H2,1-2H3,(H,30,34)(H,31,32)/t19-/m1/s1. The fourth-order valence-corrected chi connectivity index (χ4v) is 4.62. The molecular formula is C28H31N5O2. The van der Waals surface area contributed by atoms with Crippen LogP contribution in [0.25, 0.3) is 11.0 Å². The SMILES string of the molecule is COc1ccc(C(=O)Nc2ccc(N3CCC(N[C@H](C)c4nc5ccccc5[nH]4)CC3)cc2)cc1. The summed E-state index contributed by atoms with van der Waals surface area (Å²) in [5, 5.41) is 6.71. The summed E-state index contributed by atoms with van der Waals surface area (Å²) in [6, 6.07) is 23.9. The molecule has 3 N–H and O–H groups in total. The van der Waals surface area contributed by atoms with Crippen molar-refractivity contribution in [2.24, 2.45) is 0 Å². The molecule has 1 fully saturated rings. The zero-order valence-corrected chi connectivity index (χ0v) is 20.1. The first-order chi connectivity index (χ1) is 17.1. The van der Waals surface area contributed by atoms with Gasteiger partial charge in [0.1, 0.15) is 11.6 Å². The molecule has 1 aliphatic rings. The number of piperidine rings is 1. The van der Waals surface area contributed by atoms with Crippen molar-refractivity contribution in [3.8, 4) is 5.75 Å². The molecule has 0 aliphatic carbocycles. The zero-order valence-electron chi connectivity index (χ0n) is 20.1. The van der Waals surface area contributed by atoms with Gasteiger partial charge in [0.15, 0.2) is 0 Å². The van der Waals surface area contributed by atoms with Crippen molar-refractivity contribution in [3.05, 3.63) is 84.2 Å². The van der Waals surface area contributed by atoms with E-state index >= 15 is 0 Å². The van der Waals surface area contributed by atoms with Crippen LogP contribution in [0.2, 0.25) is 0 Å². The Morgan fingerprint density at radius 1 is 1.03 bits per heavy atom. The molecule has 180 valence electrons. The molecule has 1 aliphatic heterocycles. The van der Waals surface area contributed by atoms with Crippen molar-refractivity contribution in [1.82, 2.24) is 15.3 Å². The largest absolute Gasteiger partial charge is 0.497 e. The Labute approximate surface area is 205 Å². The fourth-order valence-electron chi connectivity index (χ4n) is 4.62. The zero-order chi connectivity index (χ0) is 24.2. The number of nitrogens with zero attached hydrogens (tertiary/aromatic N) is 2. The number of rotatable bonds is 7. The van der Waals surface area contributed by atoms with Crippen LogP contribution in [0.3, 0.4) is 0 Å². The molecule has 0 unspecified atom stereocenters. The number of methoxy groups -OCH3 is 1. The normalized spacial score (nSPS) is 15.2. The number of hydrogen-bond acceptors (Lipinski definition) is 5. The molecular weight excluding hydrogens is 438 g/mol. The molecule has 5 rings (SSSR count). The second kappa shape index (κ2) is 10.2. The average Bonchev–Trinajstić information content (AvgIpc) is 3.34. The van der Waals surface area contributed by atoms with E-state index in [4.69, 9.17) is 9.72 Å². The minimum absolute atomic E-state index is 0.133. The lowest BCUT2D eigenvalue weighted by molar-refractivity contribution is 0.102. The summed E-state index contributed by atoms with van der Waals surface area (Å²) in [6.07, 6.45) is 2.14. The molecule has 1 amide bonds. The second-order valence-electron chi connectivity index (χ2n) is 9.02. The van der Waals surface area contributed by atoms with E-state index in [0.29, 0.717) is 11.6 Å². The Kier molecular flexibility index (Phi) is 6.68. The highest BCUT2D eigenvalue weighted by Gasteiger charge is 2.22. The molecule has 35 heavy (non-hydrogen) atoms. The van der Waals surface area contributed by atoms with Crippen LogP contribution in [0.15, 0.2) is 72.8 Å². The van der Waals surface area contributed by atoms with Gasteiger partial charge in [-0.3, -0.25) is 4.79 Å². The number of aromatic nitrogens is 2. The first-order valence-electron chi connectivity index (χ1n) is 12.1. The van der Waals surface area contributed by atoms with Crippen molar-refractivity contribution in [2.75, 3.05) is 30.4 Å². The Morgan fingerprint density at radius 2 is 1.74 bits per heavy atom. The molecule has 0 saturated carbocycles. The van der Waals surface area contributed by atoms with Gasteiger partial charge in [0.05, 0.1) is 24.2 Å². The molecule has 7 nitrogen and oxygen atoms in total. The fraction of sp³-hybridized carbons (Fsp3) is 0.286. The number of aromatic amines is 1. The predicted octanol–water partition coefficient (Wildman–Crippen LogP) is 5.14. The molecule has 1 saturated heterocycles. The number of para-hydroxylation sites is 2. The number of carbonyl (C=O) groups is 1. The van der Waals surface area contributed by atoms with E-state index < -0.39 is 0 Å². The Bertz CT molecular complexity index is 1240. The van der Waals surface area contributed by atoms with Crippen LogP contribution in [-0.2, 0) is 0 Å². The quantitative estimate of drug-likeness (QED) is 0.349. The van der Waals surface area contributed by atoms with E-state index in [1.54, 1.807) is 31.4 Å². The van der Waals surface area contributed by atoms with Crippen LogP contribution >= 0.6 is 0 Å². The van der Waals surface area contributed by atoms with Crippen LogP contribution in [0.5, 0.6) is 5.75 Å². The molecule has 0 spiro atoms. The maximum Gasteiger partial charge on any atom is 0.255 e. The molecule has 0 bridgehead atoms. The van der Waals surface area contributed by atoms with Crippen molar-refractivity contribution < 1.29 is 9.53 Å². The summed E-state index contributed by atoms with van der Waals surface area (Å²) in [5.74, 6) is 1.58. The lowest BCUT2D eigenvalue weighted by Gasteiger charge is -2.35. The van der Waals surface area contributed by atoms with Crippen molar-refractivity contribution in [2.45, 2.75) is 31.8 Å². The maximum atomic E-state index is 12.5. The Hall–Kier alpha value is -3.84. The highest BCUT2D eigenvalue weighted by atomic mass is 16.5. The smallest absolute Gasteiger partial charge is 0.255 e. The average molecular weight is 470 g/mol. The number of amides is 1. The van der Waals surface area contributed by atoms with Gasteiger partial charge in [0.25, 0.3) is 5.91 Å².